The quantitative estimate of drug-likeness (QED) is 0.229. The van der Waals surface area contributed by atoms with Gasteiger partial charge < -0.3 is 18.9 Å². The number of carbonyl (C=O) groups is 2. The number of unbranched alkanes of at least 4 members (excludes halogenated alkanes) is 2. The van der Waals surface area contributed by atoms with Gasteiger partial charge in [0, 0.05) is 23.6 Å². The second-order valence-corrected chi connectivity index (χ2v) is 7.81. The van der Waals surface area contributed by atoms with E-state index >= 15 is 0 Å². The minimum absolute atomic E-state index is 0.206. The molecule has 0 atom stereocenters. The van der Waals surface area contributed by atoms with Crippen LogP contribution in [-0.2, 0) is 19.1 Å². The van der Waals surface area contributed by atoms with Crippen molar-refractivity contribution in [2.24, 2.45) is 0 Å². The van der Waals surface area contributed by atoms with Crippen LogP contribution in [0, 0.1) is 0 Å². The Morgan fingerprint density at radius 3 is 1.50 bits per heavy atom. The summed E-state index contributed by atoms with van der Waals surface area (Å²) in [6, 6.07) is 7.59. The summed E-state index contributed by atoms with van der Waals surface area (Å²) in [4.78, 5) is 22.9. The van der Waals surface area contributed by atoms with Crippen molar-refractivity contribution in [1.29, 1.82) is 0 Å². The smallest absolute Gasteiger partial charge is 0.305 e. The number of rotatable bonds is 14. The van der Waals surface area contributed by atoms with Crippen LogP contribution in [0.3, 0.4) is 0 Å². The van der Waals surface area contributed by atoms with Crippen molar-refractivity contribution in [3.63, 3.8) is 0 Å². The van der Waals surface area contributed by atoms with E-state index in [0.717, 1.165) is 10.8 Å². The summed E-state index contributed by atoms with van der Waals surface area (Å²) >= 11 is 13.1. The molecule has 2 aromatic rings. The minimum Gasteiger partial charge on any atom is -0.491 e. The Morgan fingerprint density at radius 1 is 0.719 bits per heavy atom. The number of fused-ring (bicyclic) bond motifs is 1. The van der Waals surface area contributed by atoms with Gasteiger partial charge in [0.25, 0.3) is 0 Å². The third-order valence-electron chi connectivity index (χ3n) is 4.66. The summed E-state index contributed by atoms with van der Waals surface area (Å²) in [7, 11) is 0. The molecule has 6 nitrogen and oxygen atoms in total. The molecule has 0 radical (unpaired) electrons. The summed E-state index contributed by atoms with van der Waals surface area (Å²) in [6.45, 7) is 5.13. The molecule has 0 N–H and O–H groups in total. The highest BCUT2D eigenvalue weighted by molar-refractivity contribution is 6.45. The molecule has 2 rings (SSSR count). The predicted octanol–water partition coefficient (Wildman–Crippen LogP) is 6.37. The first kappa shape index (κ1) is 26.1. The number of esters is 2. The summed E-state index contributed by atoms with van der Waals surface area (Å²) in [6.07, 6.45) is 3.40. The maximum absolute atomic E-state index is 11.4. The number of halogens is 2. The molecular formula is C24H30Cl2O6. The monoisotopic (exact) mass is 484 g/mol. The van der Waals surface area contributed by atoms with Crippen molar-refractivity contribution in [3.8, 4) is 11.5 Å². The third-order valence-corrected chi connectivity index (χ3v) is 5.48. The minimum atomic E-state index is -0.206. The Morgan fingerprint density at radius 2 is 1.12 bits per heavy atom. The highest BCUT2D eigenvalue weighted by atomic mass is 35.5. The van der Waals surface area contributed by atoms with Crippen molar-refractivity contribution in [3.05, 3.63) is 34.3 Å². The third kappa shape index (κ3) is 7.75. The highest BCUT2D eigenvalue weighted by Crippen LogP contribution is 2.46. The fourth-order valence-corrected chi connectivity index (χ4v) is 3.64. The van der Waals surface area contributed by atoms with Crippen LogP contribution in [0.5, 0.6) is 11.5 Å². The zero-order valence-corrected chi connectivity index (χ0v) is 20.1. The average Bonchev–Trinajstić information content (AvgIpc) is 2.78. The Bertz CT molecular complexity index is 827. The van der Waals surface area contributed by atoms with E-state index in [2.05, 4.69) is 0 Å². The zero-order valence-electron chi connectivity index (χ0n) is 18.6. The van der Waals surface area contributed by atoms with Gasteiger partial charge in [0.05, 0.1) is 26.4 Å². The average molecular weight is 485 g/mol. The molecule has 0 bridgehead atoms. The Balaban J connectivity index is 2.00. The SMILES string of the molecule is CCOC(=O)CCCCOc1c(Cl)c(Cl)c(OCCCCC(=O)OCC)c2ccccc12. The van der Waals surface area contributed by atoms with E-state index in [1.54, 1.807) is 13.8 Å². The molecule has 0 aliphatic carbocycles. The molecule has 0 saturated heterocycles. The Kier molecular flexibility index (Phi) is 11.5. The standard InChI is InChI=1S/C24H30Cl2O6/c1-3-29-19(27)13-7-9-15-31-23-17-11-5-6-12-18(17)24(22(26)21(23)25)32-16-10-8-14-20(28)30-4-2/h5-6,11-12H,3-4,7-10,13-16H2,1-2H3. The summed E-state index contributed by atoms with van der Waals surface area (Å²) in [5.41, 5.74) is 0. The fourth-order valence-electron chi connectivity index (χ4n) is 3.15. The van der Waals surface area contributed by atoms with Crippen LogP contribution in [0.2, 0.25) is 10.0 Å². The van der Waals surface area contributed by atoms with Gasteiger partial charge in [0.2, 0.25) is 0 Å². The maximum atomic E-state index is 11.4. The van der Waals surface area contributed by atoms with E-state index in [1.807, 2.05) is 24.3 Å². The molecule has 176 valence electrons. The lowest BCUT2D eigenvalue weighted by atomic mass is 10.1. The van der Waals surface area contributed by atoms with Crippen LogP contribution >= 0.6 is 23.2 Å². The van der Waals surface area contributed by atoms with E-state index < -0.39 is 0 Å². The van der Waals surface area contributed by atoms with E-state index in [-0.39, 0.29) is 22.0 Å². The van der Waals surface area contributed by atoms with Crippen LogP contribution < -0.4 is 9.47 Å². The second kappa shape index (κ2) is 14.1. The summed E-state index contributed by atoms with van der Waals surface area (Å²) < 4.78 is 21.7. The lowest BCUT2D eigenvalue weighted by molar-refractivity contribution is -0.144. The number of hydrogen-bond donors (Lipinski definition) is 0. The summed E-state index contributed by atoms with van der Waals surface area (Å²) in [5.74, 6) is 0.585. The van der Waals surface area contributed by atoms with Crippen molar-refractivity contribution in [2.75, 3.05) is 26.4 Å². The molecule has 8 heteroatoms. The molecule has 0 spiro atoms. The lowest BCUT2D eigenvalue weighted by Crippen LogP contribution is -2.06. The summed E-state index contributed by atoms with van der Waals surface area (Å²) in [5, 5.41) is 2.18. The number of carbonyl (C=O) groups excluding carboxylic acids is 2. The molecule has 0 saturated carbocycles. The van der Waals surface area contributed by atoms with Crippen LogP contribution in [-0.4, -0.2) is 38.4 Å². The molecule has 2 aromatic carbocycles. The molecule has 0 aliphatic heterocycles. The van der Waals surface area contributed by atoms with Crippen LogP contribution in [0.4, 0.5) is 0 Å². The van der Waals surface area contributed by atoms with Gasteiger partial charge in [-0.1, -0.05) is 47.5 Å². The molecule has 0 aromatic heterocycles. The van der Waals surface area contributed by atoms with E-state index in [0.29, 0.717) is 76.5 Å². The molecule has 32 heavy (non-hydrogen) atoms. The zero-order chi connectivity index (χ0) is 23.3. The number of benzene rings is 2. The van der Waals surface area contributed by atoms with Gasteiger partial charge in [0.15, 0.2) is 0 Å². The molecule has 0 unspecified atom stereocenters. The van der Waals surface area contributed by atoms with Crippen molar-refractivity contribution in [2.45, 2.75) is 52.4 Å². The number of ether oxygens (including phenoxy) is 4. The van der Waals surface area contributed by atoms with Crippen molar-refractivity contribution < 1.29 is 28.5 Å². The normalized spacial score (nSPS) is 10.8. The van der Waals surface area contributed by atoms with E-state index in [1.165, 1.54) is 0 Å². The Hall–Kier alpha value is -2.18. The molecule has 0 amide bonds. The lowest BCUT2D eigenvalue weighted by Gasteiger charge is -2.17. The van der Waals surface area contributed by atoms with Crippen molar-refractivity contribution >= 4 is 45.9 Å². The second-order valence-electron chi connectivity index (χ2n) is 7.05. The maximum Gasteiger partial charge on any atom is 0.305 e. The first-order valence-corrected chi connectivity index (χ1v) is 11.7. The van der Waals surface area contributed by atoms with Gasteiger partial charge in [-0.3, -0.25) is 9.59 Å². The van der Waals surface area contributed by atoms with Crippen molar-refractivity contribution in [1.82, 2.24) is 0 Å². The van der Waals surface area contributed by atoms with Crippen LogP contribution in [0.15, 0.2) is 24.3 Å². The molecule has 0 aliphatic rings. The van der Waals surface area contributed by atoms with E-state index in [4.69, 9.17) is 42.1 Å². The van der Waals surface area contributed by atoms with Crippen LogP contribution in [0.25, 0.3) is 10.8 Å². The molecular weight excluding hydrogens is 455 g/mol. The first-order valence-electron chi connectivity index (χ1n) is 11.0. The first-order chi connectivity index (χ1) is 15.5. The number of hydrogen-bond acceptors (Lipinski definition) is 6. The fraction of sp³-hybridized carbons (Fsp3) is 0.500. The van der Waals surface area contributed by atoms with Gasteiger partial charge in [0.1, 0.15) is 21.5 Å². The van der Waals surface area contributed by atoms with Gasteiger partial charge >= 0.3 is 11.9 Å². The van der Waals surface area contributed by atoms with Gasteiger partial charge in [-0.2, -0.15) is 0 Å². The van der Waals surface area contributed by atoms with Crippen LogP contribution in [0.1, 0.15) is 52.4 Å². The highest BCUT2D eigenvalue weighted by Gasteiger charge is 2.19. The van der Waals surface area contributed by atoms with Gasteiger partial charge in [-0.25, -0.2) is 0 Å². The Labute approximate surface area is 199 Å². The topological polar surface area (TPSA) is 71.1 Å². The van der Waals surface area contributed by atoms with E-state index in [9.17, 15) is 9.59 Å². The molecule has 0 heterocycles. The largest absolute Gasteiger partial charge is 0.491 e. The van der Waals surface area contributed by atoms with Gasteiger partial charge in [-0.15, -0.1) is 0 Å². The predicted molar refractivity (Wildman–Crippen MR) is 126 cm³/mol. The van der Waals surface area contributed by atoms with Gasteiger partial charge in [-0.05, 0) is 39.5 Å². The molecule has 0 fully saturated rings.